The van der Waals surface area contributed by atoms with Crippen LogP contribution in [0.25, 0.3) is 0 Å². The lowest BCUT2D eigenvalue weighted by Crippen LogP contribution is -2.23. The fraction of sp³-hybridized carbons (Fsp3) is 0.316. The summed E-state index contributed by atoms with van der Waals surface area (Å²) in [6, 6.07) is 13.6. The molecule has 0 saturated carbocycles. The second kappa shape index (κ2) is 8.67. The van der Waals surface area contributed by atoms with Crippen molar-refractivity contribution in [3.63, 3.8) is 0 Å². The molecule has 0 unspecified atom stereocenters. The summed E-state index contributed by atoms with van der Waals surface area (Å²) in [6.07, 6.45) is 0.473. The van der Waals surface area contributed by atoms with E-state index in [0.29, 0.717) is 26.2 Å². The molecule has 0 saturated heterocycles. The molecule has 1 aliphatic heterocycles. The first-order valence-corrected chi connectivity index (χ1v) is 9.15. The molecule has 25 heavy (non-hydrogen) atoms. The van der Waals surface area contributed by atoms with Crippen LogP contribution in [0.1, 0.15) is 12.0 Å². The molecule has 0 atom stereocenters. The van der Waals surface area contributed by atoms with Crippen LogP contribution in [0.2, 0.25) is 0 Å². The van der Waals surface area contributed by atoms with Gasteiger partial charge in [-0.1, -0.05) is 6.07 Å². The van der Waals surface area contributed by atoms with Gasteiger partial charge in [0.15, 0.2) is 11.5 Å². The highest BCUT2D eigenvalue weighted by Gasteiger charge is 2.12. The van der Waals surface area contributed by atoms with E-state index in [1.807, 2.05) is 42.5 Å². The zero-order valence-corrected chi connectivity index (χ0v) is 14.9. The number of methoxy groups -OCH3 is 1. The van der Waals surface area contributed by atoms with Crippen molar-refractivity contribution in [2.75, 3.05) is 26.1 Å². The Morgan fingerprint density at radius 2 is 1.88 bits per heavy atom. The quantitative estimate of drug-likeness (QED) is 0.769. The van der Waals surface area contributed by atoms with Crippen molar-refractivity contribution in [2.45, 2.75) is 17.9 Å². The summed E-state index contributed by atoms with van der Waals surface area (Å²) in [4.78, 5) is 13.1. The molecule has 0 aliphatic carbocycles. The summed E-state index contributed by atoms with van der Waals surface area (Å²) < 4.78 is 16.2. The molecule has 5 nitrogen and oxygen atoms in total. The van der Waals surface area contributed by atoms with Crippen LogP contribution < -0.4 is 19.5 Å². The predicted molar refractivity (Wildman–Crippen MR) is 97.6 cm³/mol. The van der Waals surface area contributed by atoms with Gasteiger partial charge in [-0.2, -0.15) is 0 Å². The topological polar surface area (TPSA) is 56.8 Å². The third-order valence-corrected chi connectivity index (χ3v) is 4.77. The number of carbonyl (C=O) groups excluding carboxylic acids is 1. The van der Waals surface area contributed by atoms with Crippen LogP contribution in [0.5, 0.6) is 17.2 Å². The molecule has 132 valence electrons. The van der Waals surface area contributed by atoms with Gasteiger partial charge >= 0.3 is 0 Å². The molecule has 1 heterocycles. The Hall–Kier alpha value is -2.34. The molecule has 1 amide bonds. The van der Waals surface area contributed by atoms with Gasteiger partial charge in [-0.25, -0.2) is 0 Å². The third kappa shape index (κ3) is 5.06. The zero-order valence-electron chi connectivity index (χ0n) is 14.1. The number of fused-ring (bicyclic) bond motifs is 1. The number of ether oxygens (including phenoxy) is 3. The van der Waals surface area contributed by atoms with E-state index >= 15 is 0 Å². The largest absolute Gasteiger partial charge is 0.497 e. The Bertz CT molecular complexity index is 718. The maximum Gasteiger partial charge on any atom is 0.221 e. The number of rotatable bonds is 7. The van der Waals surface area contributed by atoms with E-state index in [1.54, 1.807) is 18.9 Å². The lowest BCUT2D eigenvalue weighted by Gasteiger charge is -2.19. The Balaban J connectivity index is 1.40. The fourth-order valence-corrected chi connectivity index (χ4v) is 3.27. The minimum absolute atomic E-state index is 0.0379. The third-order valence-electron chi connectivity index (χ3n) is 3.75. The molecular weight excluding hydrogens is 338 g/mol. The molecule has 0 spiro atoms. The maximum absolute atomic E-state index is 12.0. The van der Waals surface area contributed by atoms with Crippen LogP contribution in [0.4, 0.5) is 0 Å². The highest BCUT2D eigenvalue weighted by Crippen LogP contribution is 2.30. The predicted octanol–water partition coefficient (Wildman–Crippen LogP) is 3.27. The average Bonchev–Trinajstić information content (AvgIpc) is 2.67. The van der Waals surface area contributed by atoms with Crippen molar-refractivity contribution in [3.05, 3.63) is 48.0 Å². The molecule has 0 bridgehead atoms. The van der Waals surface area contributed by atoms with Crippen molar-refractivity contribution < 1.29 is 19.0 Å². The average molecular weight is 359 g/mol. The van der Waals surface area contributed by atoms with Crippen molar-refractivity contribution in [3.8, 4) is 17.2 Å². The number of carbonyl (C=O) groups is 1. The van der Waals surface area contributed by atoms with Gasteiger partial charge in [-0.05, 0) is 42.0 Å². The van der Waals surface area contributed by atoms with Gasteiger partial charge in [0.2, 0.25) is 5.91 Å². The molecule has 1 aliphatic rings. The van der Waals surface area contributed by atoms with Crippen LogP contribution in [0, 0.1) is 0 Å². The first-order valence-electron chi connectivity index (χ1n) is 8.16. The van der Waals surface area contributed by atoms with Crippen LogP contribution >= 0.6 is 11.8 Å². The van der Waals surface area contributed by atoms with Crippen LogP contribution in [0.3, 0.4) is 0 Å². The van der Waals surface area contributed by atoms with Gasteiger partial charge in [-0.3, -0.25) is 4.79 Å². The fourth-order valence-electron chi connectivity index (χ4n) is 2.42. The van der Waals surface area contributed by atoms with Gasteiger partial charge in [-0.15, -0.1) is 11.8 Å². The standard InChI is InChI=1S/C19H21NO4S/c1-22-15-3-5-16(6-4-15)25-11-8-19(21)20-13-14-2-7-17-18(12-14)24-10-9-23-17/h2-7,12H,8-11,13H2,1H3,(H,20,21). The zero-order chi connectivity index (χ0) is 17.5. The molecule has 0 aromatic heterocycles. The maximum atomic E-state index is 12.0. The summed E-state index contributed by atoms with van der Waals surface area (Å²) in [5.41, 5.74) is 1.00. The second-order valence-corrected chi connectivity index (χ2v) is 6.70. The van der Waals surface area contributed by atoms with Crippen molar-refractivity contribution in [1.82, 2.24) is 5.32 Å². The minimum Gasteiger partial charge on any atom is -0.497 e. The highest BCUT2D eigenvalue weighted by molar-refractivity contribution is 7.99. The molecule has 0 radical (unpaired) electrons. The summed E-state index contributed by atoms with van der Waals surface area (Å²) in [6.45, 7) is 1.63. The van der Waals surface area contributed by atoms with Crippen molar-refractivity contribution >= 4 is 17.7 Å². The molecule has 2 aromatic rings. The van der Waals surface area contributed by atoms with Crippen LogP contribution in [0.15, 0.2) is 47.4 Å². The number of amides is 1. The van der Waals surface area contributed by atoms with Crippen molar-refractivity contribution in [2.24, 2.45) is 0 Å². The normalized spacial score (nSPS) is 12.5. The van der Waals surface area contributed by atoms with E-state index in [9.17, 15) is 4.79 Å². The number of thioether (sulfide) groups is 1. The van der Waals surface area contributed by atoms with E-state index < -0.39 is 0 Å². The summed E-state index contributed by atoms with van der Waals surface area (Å²) in [5, 5.41) is 2.94. The first kappa shape index (κ1) is 17.5. The molecule has 0 fully saturated rings. The van der Waals surface area contributed by atoms with Gasteiger partial charge in [0.1, 0.15) is 19.0 Å². The van der Waals surface area contributed by atoms with E-state index in [-0.39, 0.29) is 5.91 Å². The Labute approximate surface area is 151 Å². The lowest BCUT2D eigenvalue weighted by molar-refractivity contribution is -0.120. The van der Waals surface area contributed by atoms with E-state index in [4.69, 9.17) is 14.2 Å². The lowest BCUT2D eigenvalue weighted by atomic mass is 10.2. The van der Waals surface area contributed by atoms with Gasteiger partial charge in [0.05, 0.1) is 7.11 Å². The minimum atomic E-state index is 0.0379. The molecule has 1 N–H and O–H groups in total. The summed E-state index contributed by atoms with van der Waals surface area (Å²) in [5.74, 6) is 3.11. The molecule has 3 rings (SSSR count). The number of hydrogen-bond donors (Lipinski definition) is 1. The highest BCUT2D eigenvalue weighted by atomic mass is 32.2. The first-order chi connectivity index (χ1) is 12.2. The van der Waals surface area contributed by atoms with Crippen molar-refractivity contribution in [1.29, 1.82) is 0 Å². The molecule has 6 heteroatoms. The number of nitrogens with one attached hydrogen (secondary N) is 1. The number of hydrogen-bond acceptors (Lipinski definition) is 5. The second-order valence-electron chi connectivity index (χ2n) is 5.53. The SMILES string of the molecule is COc1ccc(SCCC(=O)NCc2ccc3c(c2)OCCO3)cc1. The Morgan fingerprint density at radius 3 is 2.64 bits per heavy atom. The van der Waals surface area contributed by atoms with E-state index in [2.05, 4.69) is 5.32 Å². The Morgan fingerprint density at radius 1 is 1.12 bits per heavy atom. The van der Waals surface area contributed by atoms with Gasteiger partial charge in [0, 0.05) is 23.6 Å². The van der Waals surface area contributed by atoms with Crippen LogP contribution in [-0.4, -0.2) is 32.0 Å². The van der Waals surface area contributed by atoms with Crippen LogP contribution in [-0.2, 0) is 11.3 Å². The Kier molecular flexibility index (Phi) is 6.06. The smallest absolute Gasteiger partial charge is 0.221 e. The molecular formula is C19H21NO4S. The summed E-state index contributed by atoms with van der Waals surface area (Å²) >= 11 is 1.66. The van der Waals surface area contributed by atoms with E-state index in [1.165, 1.54) is 0 Å². The van der Waals surface area contributed by atoms with Gasteiger partial charge in [0.25, 0.3) is 0 Å². The van der Waals surface area contributed by atoms with Gasteiger partial charge < -0.3 is 19.5 Å². The number of benzene rings is 2. The van der Waals surface area contributed by atoms with E-state index in [0.717, 1.165) is 33.5 Å². The monoisotopic (exact) mass is 359 g/mol. The summed E-state index contributed by atoms with van der Waals surface area (Å²) in [7, 11) is 1.65. The molecule has 2 aromatic carbocycles.